The van der Waals surface area contributed by atoms with Crippen LogP contribution < -0.4 is 21.0 Å². The molecule has 160 valence electrons. The van der Waals surface area contributed by atoms with Crippen LogP contribution in [-0.4, -0.2) is 35.1 Å². The van der Waals surface area contributed by atoms with Crippen molar-refractivity contribution in [2.24, 2.45) is 5.10 Å². The van der Waals surface area contributed by atoms with Gasteiger partial charge in [-0.15, -0.1) is 0 Å². The third-order valence-corrected chi connectivity index (χ3v) is 5.45. The number of methoxy groups -OCH3 is 1. The van der Waals surface area contributed by atoms with Gasteiger partial charge in [-0.25, -0.2) is 21.0 Å². The maximum absolute atomic E-state index is 12.5. The number of nitrogens with one attached hydrogen (secondary N) is 3. The molecule has 1 aliphatic heterocycles. The molecule has 4 rings (SSSR count). The zero-order valence-corrected chi connectivity index (χ0v) is 17.8. The average Bonchev–Trinajstić information content (AvgIpc) is 3.40. The number of amides is 1. The average molecular weight is 419 g/mol. The molecule has 1 fully saturated rings. The molecule has 1 aliphatic rings. The Morgan fingerprint density at radius 2 is 1.90 bits per heavy atom. The summed E-state index contributed by atoms with van der Waals surface area (Å²) in [6, 6.07) is 17.4. The molecule has 8 nitrogen and oxygen atoms in total. The van der Waals surface area contributed by atoms with Crippen molar-refractivity contribution < 1.29 is 9.53 Å². The molecule has 0 radical (unpaired) electrons. The molecule has 3 aromatic rings. The Balaban J connectivity index is 1.37. The largest absolute Gasteiger partial charge is 0.497 e. The van der Waals surface area contributed by atoms with Crippen molar-refractivity contribution in [3.63, 3.8) is 0 Å². The van der Waals surface area contributed by atoms with Crippen molar-refractivity contribution in [1.29, 1.82) is 0 Å². The molecule has 0 bridgehead atoms. The molecule has 0 aliphatic carbocycles. The van der Waals surface area contributed by atoms with Crippen LogP contribution in [-0.2, 0) is 4.79 Å². The van der Waals surface area contributed by atoms with Crippen molar-refractivity contribution in [3.8, 4) is 11.4 Å². The van der Waals surface area contributed by atoms with Gasteiger partial charge in [-0.1, -0.05) is 30.3 Å². The zero-order valence-electron chi connectivity index (χ0n) is 17.8. The van der Waals surface area contributed by atoms with Crippen LogP contribution in [0.5, 0.6) is 5.75 Å². The van der Waals surface area contributed by atoms with Crippen molar-refractivity contribution in [3.05, 3.63) is 77.1 Å². The monoisotopic (exact) mass is 418 g/mol. The van der Waals surface area contributed by atoms with E-state index in [0.717, 1.165) is 34.0 Å². The van der Waals surface area contributed by atoms with Gasteiger partial charge in [0.25, 0.3) is 5.91 Å². The summed E-state index contributed by atoms with van der Waals surface area (Å²) in [5.74, 6) is 0.616. The van der Waals surface area contributed by atoms with Crippen molar-refractivity contribution in [2.75, 3.05) is 7.11 Å². The van der Waals surface area contributed by atoms with Gasteiger partial charge in [0.2, 0.25) is 0 Å². The second-order valence-electron chi connectivity index (χ2n) is 7.47. The number of carbonyl (C=O) groups excluding carboxylic acids is 1. The van der Waals surface area contributed by atoms with E-state index in [-0.39, 0.29) is 18.0 Å². The highest BCUT2D eigenvalue weighted by atomic mass is 16.5. The minimum Gasteiger partial charge on any atom is -0.497 e. The lowest BCUT2D eigenvalue weighted by Gasteiger charge is -2.10. The highest BCUT2D eigenvalue weighted by molar-refractivity contribution is 5.86. The molecule has 0 saturated carbocycles. The summed E-state index contributed by atoms with van der Waals surface area (Å²) in [4.78, 5) is 12.5. The lowest BCUT2D eigenvalue weighted by molar-refractivity contribution is -0.122. The summed E-state index contributed by atoms with van der Waals surface area (Å²) in [5.41, 5.74) is 13.6. The van der Waals surface area contributed by atoms with Crippen molar-refractivity contribution in [2.45, 2.75) is 32.4 Å². The Morgan fingerprint density at radius 1 is 1.16 bits per heavy atom. The summed E-state index contributed by atoms with van der Waals surface area (Å²) in [6.45, 7) is 3.91. The number of hydrogen-bond donors (Lipinski definition) is 3. The molecule has 8 heteroatoms. The molecule has 31 heavy (non-hydrogen) atoms. The Bertz CT molecular complexity index is 1080. The lowest BCUT2D eigenvalue weighted by Crippen LogP contribution is -2.41. The van der Waals surface area contributed by atoms with Gasteiger partial charge in [0, 0.05) is 11.6 Å². The van der Waals surface area contributed by atoms with E-state index < -0.39 is 0 Å². The quantitative estimate of drug-likeness (QED) is 0.423. The van der Waals surface area contributed by atoms with Crippen LogP contribution in [0.4, 0.5) is 0 Å². The number of hydrazone groups is 1. The number of para-hydroxylation sites is 1. The number of hydrazine groups is 1. The number of benzene rings is 2. The highest BCUT2D eigenvalue weighted by Gasteiger charge is 2.30. The van der Waals surface area contributed by atoms with Crippen molar-refractivity contribution in [1.82, 2.24) is 26.1 Å². The first kappa shape index (κ1) is 20.8. The van der Waals surface area contributed by atoms with E-state index in [1.807, 2.05) is 73.1 Å². The number of aromatic nitrogens is 2. The van der Waals surface area contributed by atoms with E-state index in [1.165, 1.54) is 0 Å². The molecular formula is C23H26N6O2. The summed E-state index contributed by atoms with van der Waals surface area (Å²) < 4.78 is 7.07. The predicted octanol–water partition coefficient (Wildman–Crippen LogP) is 2.56. The maximum Gasteiger partial charge on any atom is 0.258 e. The Kier molecular flexibility index (Phi) is 6.11. The van der Waals surface area contributed by atoms with Gasteiger partial charge >= 0.3 is 0 Å². The van der Waals surface area contributed by atoms with E-state index in [9.17, 15) is 4.79 Å². The third-order valence-electron chi connectivity index (χ3n) is 5.45. The van der Waals surface area contributed by atoms with Crippen LogP contribution in [0.3, 0.4) is 0 Å². The minimum absolute atomic E-state index is 0.0410. The number of aryl methyl sites for hydroxylation is 1. The molecule has 2 atom stereocenters. The van der Waals surface area contributed by atoms with Crippen LogP contribution in [0, 0.1) is 13.8 Å². The van der Waals surface area contributed by atoms with E-state index in [1.54, 1.807) is 13.3 Å². The molecule has 0 spiro atoms. The molecule has 3 N–H and O–H groups in total. The Hall–Kier alpha value is -3.49. The SMILES string of the molecule is COc1ccc(C2CC(C(=O)N/N=C/c3c(C)nn(-c4ccccc4)c3C)NN2)cc1. The fraction of sp³-hybridized carbons (Fsp3) is 0.261. The maximum atomic E-state index is 12.5. The third kappa shape index (κ3) is 4.50. The first-order valence-electron chi connectivity index (χ1n) is 10.2. The zero-order chi connectivity index (χ0) is 21.8. The van der Waals surface area contributed by atoms with Crippen LogP contribution in [0.1, 0.15) is 35.0 Å². The lowest BCUT2D eigenvalue weighted by atomic mass is 10.0. The normalized spacial score (nSPS) is 18.4. The molecule has 2 unspecified atom stereocenters. The van der Waals surface area contributed by atoms with Crippen LogP contribution >= 0.6 is 0 Å². The van der Waals surface area contributed by atoms with Crippen LogP contribution in [0.25, 0.3) is 5.69 Å². The van der Waals surface area contributed by atoms with Crippen molar-refractivity contribution >= 4 is 12.1 Å². The first-order chi connectivity index (χ1) is 15.1. The molecule has 1 saturated heterocycles. The molecule has 2 heterocycles. The predicted molar refractivity (Wildman–Crippen MR) is 119 cm³/mol. The van der Waals surface area contributed by atoms with E-state index >= 15 is 0 Å². The summed E-state index contributed by atoms with van der Waals surface area (Å²) >= 11 is 0. The fourth-order valence-electron chi connectivity index (χ4n) is 3.68. The smallest absolute Gasteiger partial charge is 0.258 e. The van der Waals surface area contributed by atoms with Crippen LogP contribution in [0.15, 0.2) is 59.7 Å². The first-order valence-corrected chi connectivity index (χ1v) is 10.2. The molecular weight excluding hydrogens is 392 g/mol. The van der Waals surface area contributed by atoms with Gasteiger partial charge in [-0.05, 0) is 50.1 Å². The van der Waals surface area contributed by atoms with E-state index in [0.29, 0.717) is 6.42 Å². The van der Waals surface area contributed by atoms with E-state index in [2.05, 4.69) is 26.5 Å². The topological polar surface area (TPSA) is 92.6 Å². The van der Waals surface area contributed by atoms with Gasteiger partial charge in [0.15, 0.2) is 0 Å². The number of hydrogen-bond acceptors (Lipinski definition) is 6. The highest BCUT2D eigenvalue weighted by Crippen LogP contribution is 2.24. The Labute approximate surface area is 181 Å². The number of nitrogens with zero attached hydrogens (tertiary/aromatic N) is 3. The Morgan fingerprint density at radius 3 is 2.61 bits per heavy atom. The fourth-order valence-corrected chi connectivity index (χ4v) is 3.68. The second kappa shape index (κ2) is 9.11. The minimum atomic E-state index is -0.376. The number of carbonyl (C=O) groups is 1. The van der Waals surface area contributed by atoms with Gasteiger partial charge in [0.05, 0.1) is 30.4 Å². The van der Waals surface area contributed by atoms with E-state index in [4.69, 9.17) is 4.74 Å². The molecule has 1 aromatic heterocycles. The van der Waals surface area contributed by atoms with Gasteiger partial charge in [-0.2, -0.15) is 10.2 Å². The summed E-state index contributed by atoms with van der Waals surface area (Å²) in [5, 5.41) is 8.77. The molecule has 2 aromatic carbocycles. The summed E-state index contributed by atoms with van der Waals surface area (Å²) in [7, 11) is 1.64. The molecule has 1 amide bonds. The summed E-state index contributed by atoms with van der Waals surface area (Å²) in [6.07, 6.45) is 2.27. The van der Waals surface area contributed by atoms with Gasteiger partial charge in [0.1, 0.15) is 11.8 Å². The number of ether oxygens (including phenoxy) is 1. The number of rotatable bonds is 6. The van der Waals surface area contributed by atoms with Gasteiger partial charge in [-0.3, -0.25) is 4.79 Å². The second-order valence-corrected chi connectivity index (χ2v) is 7.47. The van der Waals surface area contributed by atoms with Crippen LogP contribution in [0.2, 0.25) is 0 Å². The van der Waals surface area contributed by atoms with Gasteiger partial charge < -0.3 is 4.74 Å². The standard InChI is InChI=1S/C23H26N6O2/c1-15-20(16(2)29(28-15)18-7-5-4-6-8-18)14-24-27-23(30)22-13-21(25-26-22)17-9-11-19(31-3)12-10-17/h4-12,14,21-22,25-26H,13H2,1-3H3,(H,27,30)/b24-14+.